The van der Waals surface area contributed by atoms with Crippen molar-refractivity contribution >= 4 is 0 Å². The fourth-order valence-corrected chi connectivity index (χ4v) is 3.15. The highest BCUT2D eigenvalue weighted by Crippen LogP contribution is 2.29. The first kappa shape index (κ1) is 18.3. The lowest BCUT2D eigenvalue weighted by Gasteiger charge is -2.23. The highest BCUT2D eigenvalue weighted by molar-refractivity contribution is 5.55. The van der Waals surface area contributed by atoms with E-state index < -0.39 is 11.6 Å². The average molecular weight is 352 g/mol. The molecule has 4 heteroatoms. The Morgan fingerprint density at radius 2 is 1.81 bits per heavy atom. The molecule has 0 N–H and O–H groups in total. The molecule has 1 aromatic carbocycles. The molecule has 1 aromatic heterocycles. The molecule has 0 saturated heterocycles. The molecule has 2 aromatic rings. The molecule has 3 rings (SSSR count). The molecule has 0 bridgehead atoms. The molecule has 0 spiro atoms. The van der Waals surface area contributed by atoms with E-state index in [9.17, 15) is 8.78 Å². The van der Waals surface area contributed by atoms with Crippen molar-refractivity contribution in [1.82, 2.24) is 9.97 Å². The Morgan fingerprint density at radius 3 is 2.46 bits per heavy atom. The van der Waals surface area contributed by atoms with E-state index in [1.54, 1.807) is 12.4 Å². The van der Waals surface area contributed by atoms with Crippen molar-refractivity contribution in [3.8, 4) is 23.2 Å². The van der Waals surface area contributed by atoms with E-state index in [4.69, 9.17) is 0 Å². The molecule has 0 radical (unpaired) electrons. The van der Waals surface area contributed by atoms with Crippen LogP contribution in [0.1, 0.15) is 44.6 Å². The minimum Gasteiger partial charge on any atom is -0.235 e. The molecule has 0 atom stereocenters. The van der Waals surface area contributed by atoms with Crippen LogP contribution in [0.25, 0.3) is 11.4 Å². The van der Waals surface area contributed by atoms with Gasteiger partial charge in [-0.3, -0.25) is 0 Å². The van der Waals surface area contributed by atoms with Gasteiger partial charge < -0.3 is 0 Å². The number of rotatable bonds is 3. The van der Waals surface area contributed by atoms with Gasteiger partial charge in [-0.25, -0.2) is 18.7 Å². The van der Waals surface area contributed by atoms with E-state index in [1.165, 1.54) is 18.9 Å². The summed E-state index contributed by atoms with van der Waals surface area (Å²) in [4.78, 5) is 8.43. The number of hydrogen-bond donors (Lipinski definition) is 0. The molecule has 0 amide bonds. The van der Waals surface area contributed by atoms with Gasteiger partial charge >= 0.3 is 0 Å². The van der Waals surface area contributed by atoms with Crippen molar-refractivity contribution < 1.29 is 8.78 Å². The normalized spacial score (nSPS) is 20.0. The van der Waals surface area contributed by atoms with Crippen molar-refractivity contribution in [1.29, 1.82) is 0 Å². The Bertz CT molecular complexity index is 823. The summed E-state index contributed by atoms with van der Waals surface area (Å²) in [5, 5.41) is 0. The molecular formula is C22H22F2N2. The Kier molecular flexibility index (Phi) is 6.12. The third kappa shape index (κ3) is 4.76. The maximum absolute atomic E-state index is 13.3. The lowest BCUT2D eigenvalue weighted by atomic mass is 9.82. The van der Waals surface area contributed by atoms with Crippen molar-refractivity contribution in [2.45, 2.75) is 39.0 Å². The van der Waals surface area contributed by atoms with Gasteiger partial charge in [0, 0.05) is 23.9 Å². The summed E-state index contributed by atoms with van der Waals surface area (Å²) in [6.45, 7) is 2.16. The second-order valence-corrected chi connectivity index (χ2v) is 6.64. The molecular weight excluding hydrogens is 330 g/mol. The topological polar surface area (TPSA) is 25.8 Å². The maximum atomic E-state index is 13.3. The Labute approximate surface area is 153 Å². The monoisotopic (exact) mass is 352 g/mol. The quantitative estimate of drug-likeness (QED) is 0.535. The number of nitrogens with zero attached hydrogens (tertiary/aromatic N) is 2. The van der Waals surface area contributed by atoms with Crippen LogP contribution < -0.4 is 0 Å². The summed E-state index contributed by atoms with van der Waals surface area (Å²) in [6, 6.07) is 3.64. The Morgan fingerprint density at radius 1 is 1.08 bits per heavy atom. The van der Waals surface area contributed by atoms with Crippen LogP contribution in [0.2, 0.25) is 0 Å². The fraction of sp³-hybridized carbons (Fsp3) is 0.364. The first-order valence-corrected chi connectivity index (χ1v) is 9.11. The van der Waals surface area contributed by atoms with Gasteiger partial charge in [-0.1, -0.05) is 30.9 Å². The highest BCUT2D eigenvalue weighted by Gasteiger charge is 2.17. The van der Waals surface area contributed by atoms with Gasteiger partial charge in [-0.15, -0.1) is 0 Å². The van der Waals surface area contributed by atoms with Gasteiger partial charge in [0.15, 0.2) is 17.5 Å². The molecule has 0 aliphatic heterocycles. The third-order valence-corrected chi connectivity index (χ3v) is 4.67. The summed E-state index contributed by atoms with van der Waals surface area (Å²) < 4.78 is 26.3. The van der Waals surface area contributed by atoms with E-state index in [-0.39, 0.29) is 0 Å². The summed E-state index contributed by atoms with van der Waals surface area (Å²) in [7, 11) is 0. The molecule has 1 aliphatic rings. The van der Waals surface area contributed by atoms with E-state index in [2.05, 4.69) is 40.9 Å². The summed E-state index contributed by atoms with van der Waals surface area (Å²) in [6.07, 6.45) is 13.6. The zero-order chi connectivity index (χ0) is 18.4. The minimum atomic E-state index is -0.903. The summed E-state index contributed by atoms with van der Waals surface area (Å²) in [5.74, 6) is 6.17. The SMILES string of the molecule is CC/C=C/[C@H]1CC[C@H](C#Cc2cnc(-c3ccc(F)c(F)c3)nc2)CC1. The number of hydrogen-bond acceptors (Lipinski definition) is 2. The molecule has 1 heterocycles. The first-order chi connectivity index (χ1) is 12.7. The molecule has 0 unspecified atom stereocenters. The van der Waals surface area contributed by atoms with Crippen LogP contribution in [-0.2, 0) is 0 Å². The smallest absolute Gasteiger partial charge is 0.159 e. The lowest BCUT2D eigenvalue weighted by molar-refractivity contribution is 0.364. The predicted octanol–water partition coefficient (Wildman–Crippen LogP) is 5.55. The number of benzene rings is 1. The second-order valence-electron chi connectivity index (χ2n) is 6.64. The van der Waals surface area contributed by atoms with E-state index in [0.717, 1.165) is 37.0 Å². The van der Waals surface area contributed by atoms with Gasteiger partial charge in [-0.05, 0) is 56.2 Å². The third-order valence-electron chi connectivity index (χ3n) is 4.67. The second kappa shape index (κ2) is 8.71. The van der Waals surface area contributed by atoms with Gasteiger partial charge in [0.1, 0.15) is 0 Å². The zero-order valence-electron chi connectivity index (χ0n) is 14.9. The van der Waals surface area contributed by atoms with Crippen LogP contribution in [0, 0.1) is 35.3 Å². The maximum Gasteiger partial charge on any atom is 0.159 e. The minimum absolute atomic E-state index is 0.359. The summed E-state index contributed by atoms with van der Waals surface area (Å²) >= 11 is 0. The van der Waals surface area contributed by atoms with Crippen molar-refractivity contribution in [2.24, 2.45) is 11.8 Å². The van der Waals surface area contributed by atoms with Crippen molar-refractivity contribution in [3.63, 3.8) is 0 Å². The Hall–Kier alpha value is -2.54. The molecule has 1 fully saturated rings. The average Bonchev–Trinajstić information content (AvgIpc) is 2.68. The lowest BCUT2D eigenvalue weighted by Crippen LogP contribution is -2.11. The van der Waals surface area contributed by atoms with Crippen LogP contribution in [0.3, 0.4) is 0 Å². The first-order valence-electron chi connectivity index (χ1n) is 9.11. The van der Waals surface area contributed by atoms with E-state index in [1.807, 2.05) is 0 Å². The van der Waals surface area contributed by atoms with Gasteiger partial charge in [0.25, 0.3) is 0 Å². The number of aromatic nitrogens is 2. The molecule has 134 valence electrons. The Balaban J connectivity index is 1.61. The van der Waals surface area contributed by atoms with Crippen LogP contribution in [0.4, 0.5) is 8.78 Å². The zero-order valence-corrected chi connectivity index (χ0v) is 14.9. The van der Waals surface area contributed by atoms with Crippen LogP contribution in [0.5, 0.6) is 0 Å². The summed E-state index contributed by atoms with van der Waals surface area (Å²) in [5.41, 5.74) is 1.19. The van der Waals surface area contributed by atoms with Gasteiger partial charge in [-0.2, -0.15) is 0 Å². The van der Waals surface area contributed by atoms with Crippen molar-refractivity contribution in [3.05, 3.63) is 59.9 Å². The van der Waals surface area contributed by atoms with E-state index in [0.29, 0.717) is 23.2 Å². The van der Waals surface area contributed by atoms with Crippen molar-refractivity contribution in [2.75, 3.05) is 0 Å². The molecule has 2 nitrogen and oxygen atoms in total. The highest BCUT2D eigenvalue weighted by atomic mass is 19.2. The predicted molar refractivity (Wildman–Crippen MR) is 99.1 cm³/mol. The van der Waals surface area contributed by atoms with Crippen LogP contribution >= 0.6 is 0 Å². The number of halogens is 2. The molecule has 1 saturated carbocycles. The van der Waals surface area contributed by atoms with Gasteiger partial charge in [0.05, 0.1) is 5.56 Å². The molecule has 26 heavy (non-hydrogen) atoms. The van der Waals surface area contributed by atoms with Crippen LogP contribution in [-0.4, -0.2) is 9.97 Å². The molecule has 1 aliphatic carbocycles. The van der Waals surface area contributed by atoms with Crippen LogP contribution in [0.15, 0.2) is 42.7 Å². The van der Waals surface area contributed by atoms with E-state index >= 15 is 0 Å². The number of allylic oxidation sites excluding steroid dienone is 2. The standard InChI is InChI=1S/C22H22F2N2/c1-2-3-4-16-5-7-17(8-6-16)9-10-18-14-25-22(26-15-18)19-11-12-20(23)21(24)13-19/h3-4,11-17H,2,5-8H2,1H3/b4-3+/t16-,17-. The fourth-order valence-electron chi connectivity index (χ4n) is 3.15. The van der Waals surface area contributed by atoms with Gasteiger partial charge in [0.2, 0.25) is 0 Å². The largest absolute Gasteiger partial charge is 0.235 e.